The summed E-state index contributed by atoms with van der Waals surface area (Å²) in [5.41, 5.74) is 1.49. The molecule has 0 fully saturated rings. The third-order valence-electron chi connectivity index (χ3n) is 2.77. The maximum Gasteiger partial charge on any atom is 0.318 e. The van der Waals surface area contributed by atoms with E-state index in [1.54, 1.807) is 30.3 Å². The number of carbonyl (C=O) groups excluding carboxylic acids is 1. The normalized spacial score (nSPS) is 10.1. The van der Waals surface area contributed by atoms with E-state index < -0.39 is 0 Å². The average Bonchev–Trinajstić information content (AvgIpc) is 2.44. The molecule has 2 aromatic carbocycles. The van der Waals surface area contributed by atoms with Gasteiger partial charge in [-0.15, -0.1) is 0 Å². The molecule has 2 aromatic rings. The van der Waals surface area contributed by atoms with Gasteiger partial charge in [-0.25, -0.2) is 4.79 Å². The zero-order valence-corrected chi connectivity index (χ0v) is 13.0. The second kappa shape index (κ2) is 6.70. The Balaban J connectivity index is 2.19. The number of nitrogens with one attached hydrogen (secondary N) is 2. The van der Waals surface area contributed by atoms with E-state index in [1.807, 2.05) is 13.0 Å². The monoisotopic (exact) mass is 324 g/mol. The van der Waals surface area contributed by atoms with Gasteiger partial charge in [0, 0.05) is 17.8 Å². The fraction of sp³-hybridized carbons (Fsp3) is 0.133. The van der Waals surface area contributed by atoms with Crippen LogP contribution in [-0.2, 0) is 0 Å². The molecular formula is C15H14Cl2N2O2. The summed E-state index contributed by atoms with van der Waals surface area (Å²) in [4.78, 5) is 11.2. The standard InChI is InChI=1S/C15H14Cl2N2O2/c1-9-7-10(16)3-5-13(9)21-14-6-4-11(8-12(14)17)19-15(20)18-2/h3-8H,1-2H3,(H2,18,19,20). The van der Waals surface area contributed by atoms with E-state index in [2.05, 4.69) is 10.6 Å². The highest BCUT2D eigenvalue weighted by molar-refractivity contribution is 6.32. The lowest BCUT2D eigenvalue weighted by Crippen LogP contribution is -2.24. The first-order valence-corrected chi connectivity index (χ1v) is 6.97. The number of amides is 2. The lowest BCUT2D eigenvalue weighted by Gasteiger charge is -2.12. The Morgan fingerprint density at radius 2 is 1.81 bits per heavy atom. The largest absolute Gasteiger partial charge is 0.456 e. The van der Waals surface area contributed by atoms with Crippen molar-refractivity contribution in [1.29, 1.82) is 0 Å². The van der Waals surface area contributed by atoms with Crippen LogP contribution in [-0.4, -0.2) is 13.1 Å². The van der Waals surface area contributed by atoms with Crippen molar-refractivity contribution >= 4 is 34.9 Å². The zero-order chi connectivity index (χ0) is 15.4. The van der Waals surface area contributed by atoms with E-state index in [1.165, 1.54) is 7.05 Å². The van der Waals surface area contributed by atoms with Crippen LogP contribution in [0.4, 0.5) is 10.5 Å². The van der Waals surface area contributed by atoms with Crippen LogP contribution in [0.25, 0.3) is 0 Å². The van der Waals surface area contributed by atoms with Crippen molar-refractivity contribution in [3.05, 3.63) is 52.0 Å². The summed E-state index contributed by atoms with van der Waals surface area (Å²) in [6.07, 6.45) is 0. The van der Waals surface area contributed by atoms with Crippen LogP contribution in [0.15, 0.2) is 36.4 Å². The topological polar surface area (TPSA) is 50.4 Å². The van der Waals surface area contributed by atoms with Gasteiger partial charge < -0.3 is 15.4 Å². The maximum atomic E-state index is 11.2. The van der Waals surface area contributed by atoms with E-state index in [0.29, 0.717) is 27.2 Å². The van der Waals surface area contributed by atoms with Crippen molar-refractivity contribution in [3.8, 4) is 11.5 Å². The lowest BCUT2D eigenvalue weighted by molar-refractivity contribution is 0.254. The molecule has 4 nitrogen and oxygen atoms in total. The maximum absolute atomic E-state index is 11.2. The van der Waals surface area contributed by atoms with E-state index in [9.17, 15) is 4.79 Å². The molecular weight excluding hydrogens is 311 g/mol. The van der Waals surface area contributed by atoms with Crippen LogP contribution in [0.1, 0.15) is 5.56 Å². The second-order valence-electron chi connectivity index (χ2n) is 4.36. The Morgan fingerprint density at radius 1 is 1.10 bits per heavy atom. The summed E-state index contributed by atoms with van der Waals surface area (Å²) >= 11 is 12.1. The molecule has 0 bridgehead atoms. The van der Waals surface area contributed by atoms with Crippen LogP contribution in [0.3, 0.4) is 0 Å². The molecule has 0 saturated carbocycles. The molecule has 0 saturated heterocycles. The number of aryl methyl sites for hydroxylation is 1. The van der Waals surface area contributed by atoms with Gasteiger partial charge in [0.25, 0.3) is 0 Å². The third kappa shape index (κ3) is 4.03. The highest BCUT2D eigenvalue weighted by Crippen LogP contribution is 2.33. The van der Waals surface area contributed by atoms with Gasteiger partial charge in [0.1, 0.15) is 11.5 Å². The van der Waals surface area contributed by atoms with Gasteiger partial charge in [-0.2, -0.15) is 0 Å². The Bertz CT molecular complexity index is 675. The predicted molar refractivity (Wildman–Crippen MR) is 85.8 cm³/mol. The van der Waals surface area contributed by atoms with Crippen molar-refractivity contribution in [3.63, 3.8) is 0 Å². The second-order valence-corrected chi connectivity index (χ2v) is 5.20. The van der Waals surface area contributed by atoms with Crippen LogP contribution in [0.5, 0.6) is 11.5 Å². The van der Waals surface area contributed by atoms with Crippen molar-refractivity contribution in [2.45, 2.75) is 6.92 Å². The molecule has 0 heterocycles. The molecule has 2 N–H and O–H groups in total. The van der Waals surface area contributed by atoms with Crippen LogP contribution < -0.4 is 15.4 Å². The third-order valence-corrected chi connectivity index (χ3v) is 3.30. The molecule has 0 aliphatic rings. The summed E-state index contributed by atoms with van der Waals surface area (Å²) in [6, 6.07) is 10.1. The SMILES string of the molecule is CNC(=O)Nc1ccc(Oc2ccc(Cl)cc2C)c(Cl)c1. The molecule has 0 spiro atoms. The smallest absolute Gasteiger partial charge is 0.318 e. The van der Waals surface area contributed by atoms with E-state index in [4.69, 9.17) is 27.9 Å². The molecule has 0 aliphatic carbocycles. The Kier molecular flexibility index (Phi) is 4.94. The van der Waals surface area contributed by atoms with Gasteiger partial charge in [-0.05, 0) is 48.9 Å². The average molecular weight is 325 g/mol. The Morgan fingerprint density at radius 3 is 2.43 bits per heavy atom. The van der Waals surface area contributed by atoms with Crippen molar-refractivity contribution in [2.24, 2.45) is 0 Å². The number of benzene rings is 2. The number of urea groups is 1. The molecule has 0 unspecified atom stereocenters. The summed E-state index contributed by atoms with van der Waals surface area (Å²) in [5.74, 6) is 1.18. The molecule has 0 aromatic heterocycles. The molecule has 0 radical (unpaired) electrons. The van der Waals surface area contributed by atoms with Crippen molar-refractivity contribution in [2.75, 3.05) is 12.4 Å². The highest BCUT2D eigenvalue weighted by Gasteiger charge is 2.08. The van der Waals surface area contributed by atoms with Crippen molar-refractivity contribution < 1.29 is 9.53 Å². The van der Waals surface area contributed by atoms with Crippen LogP contribution >= 0.6 is 23.2 Å². The molecule has 0 aliphatic heterocycles. The minimum atomic E-state index is -0.312. The molecule has 2 rings (SSSR count). The van der Waals surface area contributed by atoms with Gasteiger partial charge in [0.05, 0.1) is 5.02 Å². The number of anilines is 1. The molecule has 0 atom stereocenters. The number of halogens is 2. The van der Waals surface area contributed by atoms with E-state index >= 15 is 0 Å². The zero-order valence-electron chi connectivity index (χ0n) is 11.5. The van der Waals surface area contributed by atoms with Crippen LogP contribution in [0.2, 0.25) is 10.0 Å². The number of carbonyl (C=O) groups is 1. The van der Waals surface area contributed by atoms with Crippen LogP contribution in [0, 0.1) is 6.92 Å². The highest BCUT2D eigenvalue weighted by atomic mass is 35.5. The number of ether oxygens (including phenoxy) is 1. The Labute approximate surface area is 133 Å². The minimum Gasteiger partial charge on any atom is -0.456 e. The molecule has 110 valence electrons. The van der Waals surface area contributed by atoms with Gasteiger partial charge in [0.15, 0.2) is 0 Å². The fourth-order valence-corrected chi connectivity index (χ4v) is 2.15. The molecule has 2 amide bonds. The summed E-state index contributed by atoms with van der Waals surface area (Å²) in [6.45, 7) is 1.90. The minimum absolute atomic E-state index is 0.312. The van der Waals surface area contributed by atoms with E-state index in [0.717, 1.165) is 5.56 Å². The Hall–Kier alpha value is -1.91. The number of hydrogen-bond acceptors (Lipinski definition) is 2. The summed E-state index contributed by atoms with van der Waals surface area (Å²) in [5, 5.41) is 6.15. The summed E-state index contributed by atoms with van der Waals surface area (Å²) in [7, 11) is 1.54. The molecule has 6 heteroatoms. The first-order chi connectivity index (χ1) is 9.99. The summed E-state index contributed by atoms with van der Waals surface area (Å²) < 4.78 is 5.76. The van der Waals surface area contributed by atoms with E-state index in [-0.39, 0.29) is 6.03 Å². The lowest BCUT2D eigenvalue weighted by atomic mass is 10.2. The first-order valence-electron chi connectivity index (χ1n) is 6.22. The van der Waals surface area contributed by atoms with Gasteiger partial charge in [0.2, 0.25) is 0 Å². The van der Waals surface area contributed by atoms with Crippen molar-refractivity contribution in [1.82, 2.24) is 5.32 Å². The molecule has 21 heavy (non-hydrogen) atoms. The van der Waals surface area contributed by atoms with Gasteiger partial charge >= 0.3 is 6.03 Å². The number of rotatable bonds is 3. The first kappa shape index (κ1) is 15.5. The predicted octanol–water partition coefficient (Wildman–Crippen LogP) is 4.85. The quantitative estimate of drug-likeness (QED) is 0.848. The van der Waals surface area contributed by atoms with Gasteiger partial charge in [-0.3, -0.25) is 0 Å². The van der Waals surface area contributed by atoms with Gasteiger partial charge in [-0.1, -0.05) is 23.2 Å². The number of hydrogen-bond donors (Lipinski definition) is 2. The fourth-order valence-electron chi connectivity index (χ4n) is 1.70.